The molecule has 1 N–H and O–H groups in total. The first-order valence-electron chi connectivity index (χ1n) is 10.3. The molecule has 0 unspecified atom stereocenters. The second kappa shape index (κ2) is 10.6. The highest BCUT2D eigenvalue weighted by molar-refractivity contribution is 14.0. The number of pyridine rings is 1. The molecule has 0 aliphatic carbocycles. The summed E-state index contributed by atoms with van der Waals surface area (Å²) < 4.78 is 7.07. The van der Waals surface area contributed by atoms with E-state index in [9.17, 15) is 4.79 Å². The molecule has 170 valence electrons. The molecular formula is C22H28IN7O2. The van der Waals surface area contributed by atoms with Gasteiger partial charge in [-0.25, -0.2) is 9.67 Å². The second-order valence-electron chi connectivity index (χ2n) is 7.52. The van der Waals surface area contributed by atoms with Gasteiger partial charge in [-0.15, -0.1) is 24.0 Å². The van der Waals surface area contributed by atoms with Crippen LogP contribution in [-0.2, 0) is 6.54 Å². The minimum Gasteiger partial charge on any atom is -0.459 e. The Hall–Kier alpha value is -2.89. The maximum Gasteiger partial charge on any atom is 0.289 e. The average Bonchev–Trinajstić information content (AvgIpc) is 3.44. The van der Waals surface area contributed by atoms with Crippen molar-refractivity contribution in [2.75, 3.05) is 33.2 Å². The molecule has 0 spiro atoms. The van der Waals surface area contributed by atoms with Gasteiger partial charge in [-0.2, -0.15) is 5.10 Å². The number of guanidine groups is 1. The van der Waals surface area contributed by atoms with Crippen LogP contribution in [0.1, 0.15) is 27.5 Å². The number of piperazine rings is 1. The molecule has 0 bridgehead atoms. The third-order valence-electron chi connectivity index (χ3n) is 5.30. The Balaban J connectivity index is 0.00000289. The predicted molar refractivity (Wildman–Crippen MR) is 133 cm³/mol. The van der Waals surface area contributed by atoms with E-state index >= 15 is 0 Å². The zero-order chi connectivity index (χ0) is 21.8. The van der Waals surface area contributed by atoms with E-state index in [1.54, 1.807) is 19.2 Å². The quantitative estimate of drug-likeness (QED) is 0.306. The summed E-state index contributed by atoms with van der Waals surface area (Å²) in [6.45, 7) is 7.27. The van der Waals surface area contributed by atoms with Crippen molar-refractivity contribution in [2.24, 2.45) is 4.99 Å². The van der Waals surface area contributed by atoms with Gasteiger partial charge in [0.05, 0.1) is 12.0 Å². The van der Waals surface area contributed by atoms with Crippen LogP contribution in [0, 0.1) is 13.8 Å². The maximum absolute atomic E-state index is 12.4. The van der Waals surface area contributed by atoms with Crippen molar-refractivity contribution in [2.45, 2.75) is 20.4 Å². The van der Waals surface area contributed by atoms with Gasteiger partial charge in [-0.1, -0.05) is 6.07 Å². The third-order valence-corrected chi connectivity index (χ3v) is 5.30. The molecule has 10 heteroatoms. The number of hydrogen-bond donors (Lipinski definition) is 1. The monoisotopic (exact) mass is 549 g/mol. The minimum absolute atomic E-state index is 0. The first-order chi connectivity index (χ1) is 15.0. The van der Waals surface area contributed by atoms with Crippen molar-refractivity contribution in [3.05, 3.63) is 65.5 Å². The summed E-state index contributed by atoms with van der Waals surface area (Å²) in [5, 5.41) is 7.87. The van der Waals surface area contributed by atoms with Crippen molar-refractivity contribution in [1.82, 2.24) is 29.9 Å². The lowest BCUT2D eigenvalue weighted by molar-refractivity contribution is 0.0657. The van der Waals surface area contributed by atoms with Gasteiger partial charge in [0.15, 0.2) is 17.5 Å². The van der Waals surface area contributed by atoms with Crippen LogP contribution in [-0.4, -0.2) is 69.7 Å². The van der Waals surface area contributed by atoms with E-state index < -0.39 is 0 Å². The molecular weight excluding hydrogens is 521 g/mol. The fraction of sp³-hybridized carbons (Fsp3) is 0.364. The summed E-state index contributed by atoms with van der Waals surface area (Å²) in [6.07, 6.45) is 3.37. The fourth-order valence-corrected chi connectivity index (χ4v) is 3.70. The van der Waals surface area contributed by atoms with Crippen LogP contribution in [0.4, 0.5) is 0 Å². The third kappa shape index (κ3) is 5.29. The number of aliphatic imine (C=N–C) groups is 1. The standard InChI is InChI=1S/C22H27N7O2.HI/c1-16-13-17(2)29(26-16)20-7-6-18(14-24-20)15-25-22(23-3)28-10-8-27(9-11-28)21(30)19-5-4-12-31-19;/h4-7,12-14H,8-11,15H2,1-3H3,(H,23,25);1H. The summed E-state index contributed by atoms with van der Waals surface area (Å²) in [7, 11) is 1.77. The Morgan fingerprint density at radius 3 is 2.47 bits per heavy atom. The van der Waals surface area contributed by atoms with Crippen LogP contribution in [0.3, 0.4) is 0 Å². The van der Waals surface area contributed by atoms with E-state index in [-0.39, 0.29) is 29.9 Å². The molecule has 1 saturated heterocycles. The lowest BCUT2D eigenvalue weighted by atomic mass is 10.2. The smallest absolute Gasteiger partial charge is 0.289 e. The van der Waals surface area contributed by atoms with Crippen molar-refractivity contribution in [1.29, 1.82) is 0 Å². The number of nitrogens with zero attached hydrogens (tertiary/aromatic N) is 6. The Kier molecular flexibility index (Phi) is 7.89. The molecule has 0 saturated carbocycles. The molecule has 32 heavy (non-hydrogen) atoms. The largest absolute Gasteiger partial charge is 0.459 e. The first-order valence-corrected chi connectivity index (χ1v) is 10.3. The summed E-state index contributed by atoms with van der Waals surface area (Å²) >= 11 is 0. The highest BCUT2D eigenvalue weighted by Gasteiger charge is 2.25. The number of aryl methyl sites for hydroxylation is 2. The summed E-state index contributed by atoms with van der Waals surface area (Å²) in [6, 6.07) is 9.47. The molecule has 1 aliphatic rings. The van der Waals surface area contributed by atoms with Crippen molar-refractivity contribution >= 4 is 35.8 Å². The molecule has 1 fully saturated rings. The minimum atomic E-state index is -0.0682. The molecule has 0 atom stereocenters. The summed E-state index contributed by atoms with van der Waals surface area (Å²) in [5.41, 5.74) is 3.08. The SMILES string of the molecule is CN=C(NCc1ccc(-n2nc(C)cc2C)nc1)N1CCN(C(=O)c2ccco2)CC1.I. The van der Waals surface area contributed by atoms with Crippen LogP contribution < -0.4 is 5.32 Å². The number of nitrogens with one attached hydrogen (secondary N) is 1. The van der Waals surface area contributed by atoms with Gasteiger partial charge in [0.2, 0.25) is 0 Å². The topological polar surface area (TPSA) is 91.8 Å². The number of aromatic nitrogens is 3. The molecule has 4 rings (SSSR count). The van der Waals surface area contributed by atoms with E-state index in [1.165, 1.54) is 6.26 Å². The average molecular weight is 549 g/mol. The van der Waals surface area contributed by atoms with Crippen LogP contribution in [0.15, 0.2) is 52.2 Å². The number of halogens is 1. The molecule has 1 amide bonds. The molecule has 0 radical (unpaired) electrons. The molecule has 4 heterocycles. The van der Waals surface area contributed by atoms with Gasteiger partial charge in [-0.3, -0.25) is 9.79 Å². The first kappa shape index (κ1) is 23.8. The number of rotatable bonds is 4. The molecule has 3 aromatic rings. The highest BCUT2D eigenvalue weighted by Crippen LogP contribution is 2.12. The molecule has 3 aromatic heterocycles. The van der Waals surface area contributed by atoms with Gasteiger partial charge in [0.25, 0.3) is 5.91 Å². The normalized spacial score (nSPS) is 14.3. The zero-order valence-electron chi connectivity index (χ0n) is 18.5. The van der Waals surface area contributed by atoms with Gasteiger partial charge < -0.3 is 19.5 Å². The maximum atomic E-state index is 12.4. The van der Waals surface area contributed by atoms with Crippen molar-refractivity contribution < 1.29 is 9.21 Å². The fourth-order valence-electron chi connectivity index (χ4n) is 3.70. The van der Waals surface area contributed by atoms with E-state index in [0.717, 1.165) is 28.7 Å². The Labute approximate surface area is 204 Å². The van der Waals surface area contributed by atoms with E-state index in [1.807, 2.05) is 47.8 Å². The van der Waals surface area contributed by atoms with E-state index in [0.29, 0.717) is 38.5 Å². The van der Waals surface area contributed by atoms with E-state index in [4.69, 9.17) is 4.42 Å². The van der Waals surface area contributed by atoms with Crippen LogP contribution in [0.5, 0.6) is 0 Å². The van der Waals surface area contributed by atoms with Crippen LogP contribution >= 0.6 is 24.0 Å². The Morgan fingerprint density at radius 1 is 1.16 bits per heavy atom. The summed E-state index contributed by atoms with van der Waals surface area (Å²) in [4.78, 5) is 25.3. The highest BCUT2D eigenvalue weighted by atomic mass is 127. The second-order valence-corrected chi connectivity index (χ2v) is 7.52. The number of carbonyl (C=O) groups excluding carboxylic acids is 1. The number of amides is 1. The van der Waals surface area contributed by atoms with Gasteiger partial charge >= 0.3 is 0 Å². The molecule has 1 aliphatic heterocycles. The molecule has 0 aromatic carbocycles. The van der Waals surface area contributed by atoms with Crippen molar-refractivity contribution in [3.63, 3.8) is 0 Å². The Bertz CT molecular complexity index is 1050. The molecule has 9 nitrogen and oxygen atoms in total. The van der Waals surface area contributed by atoms with Crippen LogP contribution in [0.2, 0.25) is 0 Å². The van der Waals surface area contributed by atoms with E-state index in [2.05, 4.69) is 25.3 Å². The van der Waals surface area contributed by atoms with Gasteiger partial charge in [-0.05, 0) is 43.7 Å². The van der Waals surface area contributed by atoms with Crippen LogP contribution in [0.25, 0.3) is 5.82 Å². The number of carbonyl (C=O) groups is 1. The lowest BCUT2D eigenvalue weighted by Crippen LogP contribution is -2.53. The van der Waals surface area contributed by atoms with Crippen molar-refractivity contribution in [3.8, 4) is 5.82 Å². The van der Waals surface area contributed by atoms with Gasteiger partial charge in [0.1, 0.15) is 0 Å². The van der Waals surface area contributed by atoms with Gasteiger partial charge in [0, 0.05) is 51.7 Å². The zero-order valence-corrected chi connectivity index (χ0v) is 20.8. The predicted octanol–water partition coefficient (Wildman–Crippen LogP) is 2.63. The lowest BCUT2D eigenvalue weighted by Gasteiger charge is -2.36. The summed E-state index contributed by atoms with van der Waals surface area (Å²) in [5.74, 6) is 1.93. The number of furan rings is 1. The Morgan fingerprint density at radius 2 is 1.91 bits per heavy atom. The number of hydrogen-bond acceptors (Lipinski definition) is 5.